The normalized spacial score (nSPS) is 25.8. The molecule has 1 aromatic carbocycles. The van der Waals surface area contributed by atoms with Gasteiger partial charge in [0.1, 0.15) is 17.0 Å². The third-order valence-electron chi connectivity index (χ3n) is 5.28. The second-order valence-corrected chi connectivity index (χ2v) is 6.82. The molecule has 1 saturated carbocycles. The fraction of sp³-hybridized carbons (Fsp3) is 0.474. The molecular formula is C19H22N2O4. The van der Waals surface area contributed by atoms with Crippen LogP contribution in [0.2, 0.25) is 0 Å². The topological polar surface area (TPSA) is 75.8 Å². The quantitative estimate of drug-likeness (QED) is 0.926. The van der Waals surface area contributed by atoms with Gasteiger partial charge in [-0.1, -0.05) is 35.5 Å². The zero-order valence-electron chi connectivity index (χ0n) is 14.2. The van der Waals surface area contributed by atoms with Crippen LogP contribution in [0.1, 0.15) is 29.0 Å². The van der Waals surface area contributed by atoms with E-state index in [2.05, 4.69) is 5.16 Å². The maximum absolute atomic E-state index is 13.3. The molecule has 1 amide bonds. The van der Waals surface area contributed by atoms with Gasteiger partial charge in [0.05, 0.1) is 18.8 Å². The Kier molecular flexibility index (Phi) is 4.31. The van der Waals surface area contributed by atoms with E-state index in [9.17, 15) is 9.90 Å². The Bertz CT molecular complexity index is 758. The molecule has 0 spiro atoms. The summed E-state index contributed by atoms with van der Waals surface area (Å²) in [7, 11) is 0. The van der Waals surface area contributed by atoms with Gasteiger partial charge in [0.2, 0.25) is 0 Å². The molecule has 6 nitrogen and oxygen atoms in total. The van der Waals surface area contributed by atoms with Crippen molar-refractivity contribution in [3.63, 3.8) is 0 Å². The van der Waals surface area contributed by atoms with Gasteiger partial charge in [-0.3, -0.25) is 4.79 Å². The Morgan fingerprint density at radius 2 is 2.12 bits per heavy atom. The van der Waals surface area contributed by atoms with Crippen LogP contribution in [0.5, 0.6) is 0 Å². The molecule has 1 aliphatic carbocycles. The molecule has 1 saturated heterocycles. The van der Waals surface area contributed by atoms with Gasteiger partial charge in [-0.25, -0.2) is 0 Å². The second kappa shape index (κ2) is 6.61. The molecule has 4 rings (SSSR count). The van der Waals surface area contributed by atoms with Crippen molar-refractivity contribution in [1.82, 2.24) is 10.1 Å². The summed E-state index contributed by atoms with van der Waals surface area (Å²) in [5.74, 6) is 0.665. The van der Waals surface area contributed by atoms with Crippen molar-refractivity contribution in [2.45, 2.75) is 31.9 Å². The smallest absolute Gasteiger partial charge is 0.260 e. The molecule has 1 aliphatic heterocycles. The van der Waals surface area contributed by atoms with Crippen molar-refractivity contribution in [1.29, 1.82) is 0 Å². The SMILES string of the molecule is Cc1onc(-c2ccccc2)c1C(=O)N1CCO[C@H]2C[C@H](CO)C[C@@H]21. The first-order valence-corrected chi connectivity index (χ1v) is 8.74. The number of rotatable bonds is 3. The predicted octanol–water partition coefficient (Wildman–Crippen LogP) is 2.26. The third-order valence-corrected chi connectivity index (χ3v) is 5.28. The summed E-state index contributed by atoms with van der Waals surface area (Å²) in [5.41, 5.74) is 1.98. The Morgan fingerprint density at radius 1 is 1.32 bits per heavy atom. The third kappa shape index (κ3) is 2.85. The van der Waals surface area contributed by atoms with Crippen LogP contribution in [0.3, 0.4) is 0 Å². The highest BCUT2D eigenvalue weighted by molar-refractivity contribution is 6.01. The molecule has 0 bridgehead atoms. The van der Waals surface area contributed by atoms with Gasteiger partial charge in [-0.2, -0.15) is 0 Å². The van der Waals surface area contributed by atoms with Crippen LogP contribution in [0.15, 0.2) is 34.9 Å². The molecule has 1 N–H and O–H groups in total. The first-order chi connectivity index (χ1) is 12.2. The second-order valence-electron chi connectivity index (χ2n) is 6.82. The fourth-order valence-corrected chi connectivity index (χ4v) is 4.01. The van der Waals surface area contributed by atoms with E-state index in [0.29, 0.717) is 30.2 Å². The number of amides is 1. The number of aryl methyl sites for hydroxylation is 1. The van der Waals surface area contributed by atoms with Crippen LogP contribution in [0.4, 0.5) is 0 Å². The molecule has 1 aromatic heterocycles. The summed E-state index contributed by atoms with van der Waals surface area (Å²) in [4.78, 5) is 15.2. The number of nitrogens with zero attached hydrogens (tertiary/aromatic N) is 2. The molecule has 0 unspecified atom stereocenters. The number of aliphatic hydroxyl groups is 1. The predicted molar refractivity (Wildman–Crippen MR) is 91.1 cm³/mol. The van der Waals surface area contributed by atoms with Crippen molar-refractivity contribution in [2.24, 2.45) is 5.92 Å². The van der Waals surface area contributed by atoms with Crippen LogP contribution >= 0.6 is 0 Å². The lowest BCUT2D eigenvalue weighted by atomic mass is 10.0. The minimum Gasteiger partial charge on any atom is -0.396 e. The highest BCUT2D eigenvalue weighted by atomic mass is 16.5. The number of morpholine rings is 1. The number of carbonyl (C=O) groups is 1. The van der Waals surface area contributed by atoms with E-state index in [1.165, 1.54) is 0 Å². The van der Waals surface area contributed by atoms with Crippen LogP contribution in [0.25, 0.3) is 11.3 Å². The van der Waals surface area contributed by atoms with Crippen LogP contribution in [0, 0.1) is 12.8 Å². The molecule has 2 fully saturated rings. The molecule has 6 heteroatoms. The van der Waals surface area contributed by atoms with Crippen molar-refractivity contribution in [2.75, 3.05) is 19.8 Å². The maximum Gasteiger partial charge on any atom is 0.260 e. The number of hydrogen-bond acceptors (Lipinski definition) is 5. The Morgan fingerprint density at radius 3 is 2.88 bits per heavy atom. The number of fused-ring (bicyclic) bond motifs is 1. The van der Waals surface area contributed by atoms with Crippen molar-refractivity contribution in [3.05, 3.63) is 41.7 Å². The average Bonchev–Trinajstić information content (AvgIpc) is 3.24. The van der Waals surface area contributed by atoms with E-state index >= 15 is 0 Å². The lowest BCUT2D eigenvalue weighted by molar-refractivity contribution is -0.0449. The highest BCUT2D eigenvalue weighted by Gasteiger charge is 2.43. The number of hydrogen-bond donors (Lipinski definition) is 1. The highest BCUT2D eigenvalue weighted by Crippen LogP contribution is 2.36. The summed E-state index contributed by atoms with van der Waals surface area (Å²) in [6.45, 7) is 2.99. The minimum absolute atomic E-state index is 0.00944. The molecule has 132 valence electrons. The van der Waals surface area contributed by atoms with Crippen molar-refractivity contribution < 1.29 is 19.2 Å². The number of carbonyl (C=O) groups excluding carboxylic acids is 1. The number of aromatic nitrogens is 1. The Balaban J connectivity index is 1.66. The monoisotopic (exact) mass is 342 g/mol. The number of aliphatic hydroxyl groups excluding tert-OH is 1. The van der Waals surface area contributed by atoms with E-state index in [-0.39, 0.29) is 30.6 Å². The van der Waals surface area contributed by atoms with Gasteiger partial charge in [0.25, 0.3) is 5.91 Å². The minimum atomic E-state index is -0.0607. The van der Waals surface area contributed by atoms with E-state index < -0.39 is 0 Å². The molecule has 2 aliphatic rings. The van der Waals surface area contributed by atoms with Gasteiger partial charge in [-0.05, 0) is 25.7 Å². The van der Waals surface area contributed by atoms with Gasteiger partial charge >= 0.3 is 0 Å². The number of benzene rings is 1. The summed E-state index contributed by atoms with van der Waals surface area (Å²) < 4.78 is 11.2. The molecular weight excluding hydrogens is 320 g/mol. The van der Waals surface area contributed by atoms with Crippen molar-refractivity contribution in [3.8, 4) is 11.3 Å². The Labute approximate surface area is 146 Å². The lowest BCUT2D eigenvalue weighted by Gasteiger charge is -2.37. The standard InChI is InChI=1S/C19H22N2O4/c1-12-17(18(20-25-12)14-5-3-2-4-6-14)19(23)21-7-8-24-16-10-13(11-22)9-15(16)21/h2-6,13,15-16,22H,7-11H2,1H3/t13-,15+,16+/m1/s1. The van der Waals surface area contributed by atoms with Crippen LogP contribution < -0.4 is 0 Å². The lowest BCUT2D eigenvalue weighted by Crippen LogP contribution is -2.51. The molecule has 3 atom stereocenters. The number of ether oxygens (including phenoxy) is 1. The summed E-state index contributed by atoms with van der Waals surface area (Å²) in [6.07, 6.45) is 1.59. The van der Waals surface area contributed by atoms with Crippen LogP contribution in [-0.4, -0.2) is 53.0 Å². The molecule has 0 radical (unpaired) electrons. The molecule has 2 aromatic rings. The first kappa shape index (κ1) is 16.3. The van der Waals surface area contributed by atoms with E-state index in [4.69, 9.17) is 9.26 Å². The maximum atomic E-state index is 13.3. The van der Waals surface area contributed by atoms with E-state index in [1.54, 1.807) is 6.92 Å². The molecule has 2 heterocycles. The summed E-state index contributed by atoms with van der Waals surface area (Å²) >= 11 is 0. The largest absolute Gasteiger partial charge is 0.396 e. The average molecular weight is 342 g/mol. The van der Waals surface area contributed by atoms with Gasteiger partial charge < -0.3 is 19.3 Å². The van der Waals surface area contributed by atoms with Gasteiger partial charge in [-0.15, -0.1) is 0 Å². The fourth-order valence-electron chi connectivity index (χ4n) is 4.01. The van der Waals surface area contributed by atoms with Crippen molar-refractivity contribution >= 4 is 5.91 Å². The first-order valence-electron chi connectivity index (χ1n) is 8.74. The summed E-state index contributed by atoms with van der Waals surface area (Å²) in [6, 6.07) is 9.62. The van der Waals surface area contributed by atoms with E-state index in [0.717, 1.165) is 18.4 Å². The zero-order valence-corrected chi connectivity index (χ0v) is 14.2. The van der Waals surface area contributed by atoms with E-state index in [1.807, 2.05) is 35.2 Å². The Hall–Kier alpha value is -2.18. The van der Waals surface area contributed by atoms with Gasteiger partial charge in [0, 0.05) is 18.7 Å². The summed E-state index contributed by atoms with van der Waals surface area (Å²) in [5, 5.41) is 13.6. The van der Waals surface area contributed by atoms with Gasteiger partial charge in [0.15, 0.2) is 0 Å². The van der Waals surface area contributed by atoms with Crippen LogP contribution in [-0.2, 0) is 4.74 Å². The molecule has 25 heavy (non-hydrogen) atoms. The zero-order chi connectivity index (χ0) is 17.4.